The summed E-state index contributed by atoms with van der Waals surface area (Å²) >= 11 is 0. The molecule has 0 radical (unpaired) electrons. The van der Waals surface area contributed by atoms with E-state index in [9.17, 15) is 15.0 Å². The second-order valence-corrected chi connectivity index (χ2v) is 5.56. The number of hydrogen-bond acceptors (Lipinski definition) is 6. The number of ether oxygens (including phenoxy) is 3. The molecule has 1 aromatic carbocycles. The van der Waals surface area contributed by atoms with E-state index in [1.807, 2.05) is 36.4 Å². The van der Waals surface area contributed by atoms with Gasteiger partial charge in [0.15, 0.2) is 0 Å². The summed E-state index contributed by atoms with van der Waals surface area (Å²) in [6.07, 6.45) is 10.2. The second-order valence-electron chi connectivity index (χ2n) is 5.56. The highest BCUT2D eigenvalue weighted by Crippen LogP contribution is 2.32. The highest BCUT2D eigenvalue weighted by atomic mass is 16.7. The molecule has 2 rings (SSSR count). The highest BCUT2D eigenvalue weighted by Gasteiger charge is 2.49. The van der Waals surface area contributed by atoms with Gasteiger partial charge in [0.05, 0.1) is 0 Å². The van der Waals surface area contributed by atoms with Gasteiger partial charge in [0.1, 0.15) is 6.61 Å². The molecule has 0 saturated heterocycles. The Hall–Kier alpha value is -2.51. The molecule has 0 fully saturated rings. The van der Waals surface area contributed by atoms with Gasteiger partial charge in [-0.25, -0.2) is 4.79 Å². The van der Waals surface area contributed by atoms with Gasteiger partial charge < -0.3 is 24.4 Å². The van der Waals surface area contributed by atoms with E-state index < -0.39 is 17.5 Å². The summed E-state index contributed by atoms with van der Waals surface area (Å²) in [6, 6.07) is 9.66. The van der Waals surface area contributed by atoms with Crippen molar-refractivity contribution in [2.45, 2.75) is 11.6 Å². The zero-order valence-corrected chi connectivity index (χ0v) is 14.7. The van der Waals surface area contributed by atoms with Gasteiger partial charge in [0.2, 0.25) is 11.6 Å². The van der Waals surface area contributed by atoms with Gasteiger partial charge in [0, 0.05) is 20.3 Å². The van der Waals surface area contributed by atoms with Gasteiger partial charge >= 0.3 is 5.97 Å². The van der Waals surface area contributed by atoms with Gasteiger partial charge in [-0.2, -0.15) is 0 Å². The maximum Gasteiger partial charge on any atom is 0.331 e. The summed E-state index contributed by atoms with van der Waals surface area (Å²) in [6.45, 7) is 0.137. The van der Waals surface area contributed by atoms with Crippen molar-refractivity contribution in [2.24, 2.45) is 0 Å². The Balaban J connectivity index is 1.91. The van der Waals surface area contributed by atoms with Crippen LogP contribution in [-0.2, 0) is 19.0 Å². The van der Waals surface area contributed by atoms with Crippen molar-refractivity contribution in [3.8, 4) is 0 Å². The van der Waals surface area contributed by atoms with E-state index in [0.717, 1.165) is 5.56 Å². The van der Waals surface area contributed by atoms with Crippen LogP contribution in [0.15, 0.2) is 72.4 Å². The molecule has 2 N–H and O–H groups in total. The molecular formula is C20H22O6. The van der Waals surface area contributed by atoms with Crippen LogP contribution in [0.2, 0.25) is 0 Å². The van der Waals surface area contributed by atoms with E-state index in [-0.39, 0.29) is 6.61 Å². The number of carbonyl (C=O) groups is 1. The lowest BCUT2D eigenvalue weighted by Crippen LogP contribution is -2.55. The normalized spacial score (nSPS) is 25.6. The minimum Gasteiger partial charge on any atom is -0.458 e. The van der Waals surface area contributed by atoms with Crippen molar-refractivity contribution in [3.63, 3.8) is 0 Å². The van der Waals surface area contributed by atoms with Crippen LogP contribution < -0.4 is 0 Å². The topological polar surface area (TPSA) is 85.2 Å². The molecule has 138 valence electrons. The first-order valence-electron chi connectivity index (χ1n) is 7.96. The Morgan fingerprint density at radius 1 is 1.08 bits per heavy atom. The fourth-order valence-corrected chi connectivity index (χ4v) is 2.32. The van der Waals surface area contributed by atoms with Crippen molar-refractivity contribution in [1.82, 2.24) is 0 Å². The van der Waals surface area contributed by atoms with E-state index in [0.29, 0.717) is 5.57 Å². The largest absolute Gasteiger partial charge is 0.458 e. The van der Waals surface area contributed by atoms with Crippen LogP contribution in [0.3, 0.4) is 0 Å². The van der Waals surface area contributed by atoms with Crippen LogP contribution in [0.4, 0.5) is 0 Å². The summed E-state index contributed by atoms with van der Waals surface area (Å²) in [7, 11) is 2.47. The number of aliphatic hydroxyl groups is 2. The van der Waals surface area contributed by atoms with Crippen LogP contribution in [0.5, 0.6) is 0 Å². The van der Waals surface area contributed by atoms with Crippen molar-refractivity contribution in [3.05, 3.63) is 77.9 Å². The Labute approximate surface area is 152 Å². The van der Waals surface area contributed by atoms with Gasteiger partial charge in [-0.15, -0.1) is 0 Å². The van der Waals surface area contributed by atoms with E-state index in [4.69, 9.17) is 14.2 Å². The minimum absolute atomic E-state index is 0.137. The van der Waals surface area contributed by atoms with Crippen molar-refractivity contribution in [1.29, 1.82) is 0 Å². The van der Waals surface area contributed by atoms with E-state index in [2.05, 4.69) is 0 Å². The van der Waals surface area contributed by atoms with Gasteiger partial charge in [-0.05, 0) is 35.4 Å². The Bertz CT molecular complexity index is 734. The third kappa shape index (κ3) is 4.77. The zero-order valence-electron chi connectivity index (χ0n) is 14.7. The lowest BCUT2D eigenvalue weighted by atomic mass is 9.95. The molecule has 1 aliphatic carbocycles. The highest BCUT2D eigenvalue weighted by molar-refractivity contribution is 5.82. The van der Waals surface area contributed by atoms with Crippen LogP contribution in [-0.4, -0.2) is 48.6 Å². The van der Waals surface area contributed by atoms with E-state index >= 15 is 0 Å². The fraction of sp³-hybridized carbons (Fsp3) is 0.250. The summed E-state index contributed by atoms with van der Waals surface area (Å²) in [4.78, 5) is 11.7. The molecule has 1 aliphatic rings. The molecule has 0 amide bonds. The first-order valence-corrected chi connectivity index (χ1v) is 7.96. The third-order valence-corrected chi connectivity index (χ3v) is 3.84. The van der Waals surface area contributed by atoms with Crippen LogP contribution in [0.1, 0.15) is 5.56 Å². The third-order valence-electron chi connectivity index (χ3n) is 3.84. The maximum atomic E-state index is 11.7. The number of methoxy groups -OCH3 is 2. The number of carbonyl (C=O) groups excluding carboxylic acids is 1. The quantitative estimate of drug-likeness (QED) is 0.440. The second kappa shape index (κ2) is 8.73. The van der Waals surface area contributed by atoms with Crippen LogP contribution in [0.25, 0.3) is 6.08 Å². The molecule has 0 aliphatic heterocycles. The monoisotopic (exact) mass is 358 g/mol. The molecule has 2 unspecified atom stereocenters. The molecule has 0 aromatic heterocycles. The SMILES string of the molecule is COC1(O)C=CC(/C=C/C(=O)OCC=Cc2ccccc2)=CC1(O)OC. The average molecular weight is 358 g/mol. The molecule has 0 bridgehead atoms. The fourth-order valence-electron chi connectivity index (χ4n) is 2.32. The van der Waals surface area contributed by atoms with Gasteiger partial charge in [0.25, 0.3) is 0 Å². The maximum absolute atomic E-state index is 11.7. The standard InChI is InChI=1S/C20H22O6/c1-24-19(22)13-12-17(15-20(19,23)25-2)10-11-18(21)26-14-6-9-16-7-4-3-5-8-16/h3-13,15,22-23H,14H2,1-2H3/b9-6?,11-10+. The molecule has 6 heteroatoms. The number of rotatable bonds is 7. The zero-order chi connectivity index (χ0) is 19.0. The smallest absolute Gasteiger partial charge is 0.331 e. The number of esters is 1. The van der Waals surface area contributed by atoms with E-state index in [1.54, 1.807) is 6.08 Å². The Kier molecular flexibility index (Phi) is 6.65. The Morgan fingerprint density at radius 2 is 1.77 bits per heavy atom. The first-order chi connectivity index (χ1) is 12.4. The summed E-state index contributed by atoms with van der Waals surface area (Å²) < 4.78 is 14.9. The van der Waals surface area contributed by atoms with Crippen LogP contribution in [0, 0.1) is 0 Å². The van der Waals surface area contributed by atoms with Gasteiger partial charge in [-0.3, -0.25) is 0 Å². The minimum atomic E-state index is -2.07. The number of benzene rings is 1. The van der Waals surface area contributed by atoms with E-state index in [1.165, 1.54) is 44.6 Å². The summed E-state index contributed by atoms with van der Waals surface area (Å²) in [5.74, 6) is -4.62. The molecular weight excluding hydrogens is 336 g/mol. The lowest BCUT2D eigenvalue weighted by Gasteiger charge is -2.38. The number of hydrogen-bond donors (Lipinski definition) is 2. The molecule has 6 nitrogen and oxygen atoms in total. The lowest BCUT2D eigenvalue weighted by molar-refractivity contribution is -0.327. The molecule has 0 spiro atoms. The number of allylic oxidation sites excluding steroid dienone is 3. The molecule has 0 heterocycles. The summed E-state index contributed by atoms with van der Waals surface area (Å²) in [5.41, 5.74) is 1.47. The molecule has 1 aromatic rings. The predicted molar refractivity (Wildman–Crippen MR) is 96.7 cm³/mol. The Morgan fingerprint density at radius 3 is 2.42 bits per heavy atom. The van der Waals surface area contributed by atoms with Crippen molar-refractivity contribution in [2.75, 3.05) is 20.8 Å². The molecule has 26 heavy (non-hydrogen) atoms. The summed E-state index contributed by atoms with van der Waals surface area (Å²) in [5, 5.41) is 20.5. The predicted octanol–water partition coefficient (Wildman–Crippen LogP) is 1.97. The van der Waals surface area contributed by atoms with Crippen molar-refractivity contribution >= 4 is 12.0 Å². The van der Waals surface area contributed by atoms with Crippen LogP contribution >= 0.6 is 0 Å². The molecule has 2 atom stereocenters. The molecule has 0 saturated carbocycles. The van der Waals surface area contributed by atoms with Crippen molar-refractivity contribution < 1.29 is 29.2 Å². The first kappa shape index (κ1) is 19.8. The van der Waals surface area contributed by atoms with Gasteiger partial charge in [-0.1, -0.05) is 42.5 Å². The average Bonchev–Trinajstić information content (AvgIpc) is 2.67.